The first-order chi connectivity index (χ1) is 12.6. The maximum absolute atomic E-state index is 11.3. The monoisotopic (exact) mass is 479 g/mol. The van der Waals surface area contributed by atoms with Gasteiger partial charge in [0.1, 0.15) is 34.9 Å². The summed E-state index contributed by atoms with van der Waals surface area (Å²) in [6.45, 7) is 4.81. The molecule has 1 N–H and O–H groups in total. The second kappa shape index (κ2) is 7.69. The van der Waals surface area contributed by atoms with Crippen LogP contribution < -0.4 is 0 Å². The van der Waals surface area contributed by atoms with Crippen LogP contribution in [0, 0.1) is 3.57 Å². The van der Waals surface area contributed by atoms with Gasteiger partial charge in [0.25, 0.3) is 14.9 Å². The van der Waals surface area contributed by atoms with Gasteiger partial charge in [-0.15, -0.1) is 0 Å². The quantitative estimate of drug-likeness (QED) is 0.385. The van der Waals surface area contributed by atoms with Crippen molar-refractivity contribution in [2.75, 3.05) is 6.61 Å². The van der Waals surface area contributed by atoms with Gasteiger partial charge in [-0.25, -0.2) is 9.97 Å². The molecule has 0 radical (unpaired) electrons. The van der Waals surface area contributed by atoms with Crippen LogP contribution in [0.4, 0.5) is 0 Å². The van der Waals surface area contributed by atoms with Crippen molar-refractivity contribution in [2.45, 2.75) is 44.6 Å². The zero-order valence-electron chi connectivity index (χ0n) is 16.0. The molecular weight excluding hydrogens is 458 g/mol. The van der Waals surface area contributed by atoms with Crippen molar-refractivity contribution in [3.8, 4) is 0 Å². The number of hydrogen-bond donors (Lipinski definition) is 1. The minimum absolute atomic E-state index is 0.0563. The predicted molar refractivity (Wildman–Crippen MR) is 107 cm³/mol. The van der Waals surface area contributed by atoms with E-state index in [0.717, 1.165) is 3.57 Å². The molecule has 0 spiro atoms. The van der Waals surface area contributed by atoms with Crippen LogP contribution in [-0.2, 0) is 14.0 Å². The summed E-state index contributed by atoms with van der Waals surface area (Å²) in [5, 5.41) is 12.2. The van der Waals surface area contributed by atoms with E-state index < -0.39 is 38.9 Å². The van der Waals surface area contributed by atoms with Crippen molar-refractivity contribution in [3.63, 3.8) is 0 Å². The smallest absolute Gasteiger partial charge is 0.272 e. The van der Waals surface area contributed by atoms with Crippen LogP contribution >= 0.6 is 34.2 Å². The van der Waals surface area contributed by atoms with E-state index in [2.05, 4.69) is 32.6 Å². The van der Waals surface area contributed by atoms with Crippen molar-refractivity contribution in [1.82, 2.24) is 14.5 Å². The van der Waals surface area contributed by atoms with Crippen LogP contribution in [0.25, 0.3) is 11.0 Å². The molecule has 1 aliphatic heterocycles. The summed E-state index contributed by atoms with van der Waals surface area (Å²) in [4.78, 5) is 8.30. The Morgan fingerprint density at radius 3 is 2.96 bits per heavy atom. The third kappa shape index (κ3) is 3.44. The second-order valence-corrected chi connectivity index (χ2v) is 7.38. The lowest BCUT2D eigenvalue weighted by Crippen LogP contribution is -2.46. The molecule has 0 aromatic carbocycles. The first-order valence-corrected chi connectivity index (χ1v) is 9.24. The topological polar surface area (TPSA) is 78.6 Å². The van der Waals surface area contributed by atoms with E-state index in [4.69, 9.17) is 28.3 Å². The zero-order chi connectivity index (χ0) is 19.9. The normalized spacial score (nSPS) is 30.4. The Morgan fingerprint density at radius 2 is 2.28 bits per heavy atom. The molecule has 11 heteroatoms. The maximum Gasteiger partial charge on any atom is 0.272 e. The first-order valence-electron chi connectivity index (χ1n) is 8.94. The molecule has 3 rings (SSSR count). The molecule has 7 nitrogen and oxygen atoms in total. The number of nitrogens with zero attached hydrogens (tertiary/aromatic N) is 3. The van der Waals surface area contributed by atoms with Gasteiger partial charge in [-0.1, -0.05) is 25.2 Å². The summed E-state index contributed by atoms with van der Waals surface area (Å²) in [6.07, 6.45) is 0.818. The molecule has 0 unspecified atom stereocenters. The minimum atomic E-state index is -1.47. The molecule has 0 bridgehead atoms. The van der Waals surface area contributed by atoms with Crippen LogP contribution in [0.15, 0.2) is 12.5 Å². The Kier molecular flexibility index (Phi) is 5.16. The van der Waals surface area contributed by atoms with Gasteiger partial charge in [-0.3, -0.25) is 0 Å². The Labute approximate surface area is 168 Å². The van der Waals surface area contributed by atoms with Crippen LogP contribution in [0.5, 0.6) is 0 Å². The van der Waals surface area contributed by atoms with Crippen molar-refractivity contribution < 1.29 is 19.2 Å². The van der Waals surface area contributed by atoms with Gasteiger partial charge in [0, 0.05) is 12.4 Å². The highest BCUT2D eigenvalue weighted by Gasteiger charge is 2.54. The predicted octanol–water partition coefficient (Wildman–Crippen LogP) is 1.54. The van der Waals surface area contributed by atoms with Crippen LogP contribution in [0.3, 0.4) is 0 Å². The van der Waals surface area contributed by atoms with E-state index in [0.29, 0.717) is 16.2 Å². The molecule has 2 aromatic heterocycles. The number of fused-ring (bicyclic) bond motifs is 1. The van der Waals surface area contributed by atoms with E-state index in [9.17, 15) is 5.11 Å². The van der Waals surface area contributed by atoms with Gasteiger partial charge in [-0.05, 0) is 29.5 Å². The summed E-state index contributed by atoms with van der Waals surface area (Å²) >= 11 is 8.33. The maximum atomic E-state index is 11.3. The zero-order valence-corrected chi connectivity index (χ0v) is 16.9. The second-order valence-electron chi connectivity index (χ2n) is 5.86. The van der Waals surface area contributed by atoms with E-state index in [-0.39, 0.29) is 6.61 Å². The number of ether oxygens (including phenoxy) is 1. The van der Waals surface area contributed by atoms with Crippen molar-refractivity contribution >= 4 is 60.1 Å². The molecule has 2 aromatic rings. The number of rotatable bonds is 6. The van der Waals surface area contributed by atoms with Gasteiger partial charge in [0.2, 0.25) is 0 Å². The van der Waals surface area contributed by atoms with Crippen molar-refractivity contribution in [1.29, 1.82) is 2.67 Å². The molecular formula is C14H19B2ClIN3O4. The summed E-state index contributed by atoms with van der Waals surface area (Å²) < 4.78 is 34.9. The molecule has 0 aliphatic carbocycles. The van der Waals surface area contributed by atoms with Gasteiger partial charge in [-0.2, -0.15) is 0 Å². The lowest BCUT2D eigenvalue weighted by atomic mass is 9.93. The molecule has 0 saturated carbocycles. The largest absolute Gasteiger partial charge is 0.437 e. The summed E-state index contributed by atoms with van der Waals surface area (Å²) in [6, 6.07) is 0. The molecule has 3 heterocycles. The van der Waals surface area contributed by atoms with E-state index in [1.54, 1.807) is 31.3 Å². The highest BCUT2D eigenvalue weighted by atomic mass is 127. The Hall–Kier alpha value is -0.390. The SMILES string of the molecule is [2H]B(C)OC[C@H]1O[C@@H](n2cc(I)c3c(Cl)ncnc32)[C@](C)(O)[C@@H]1OB([2H])C. The lowest BCUT2D eigenvalue weighted by Gasteiger charge is -2.30. The standard InChI is InChI=1S/C14H19B2ClIN3O4/c1-14(22)10(25-16-3)8(5-23-15-2)24-13(14)21-4-7(18)9-11(17)19-6-20-12(9)21/h4,6,8,10,13,15-16,22H,5H2,1-3H3/t8-,10-,13-,14-/m1/s1/i15D,16D. The highest BCUT2D eigenvalue weighted by molar-refractivity contribution is 14.1. The number of hydrogen-bond acceptors (Lipinski definition) is 6. The molecule has 25 heavy (non-hydrogen) atoms. The molecule has 1 saturated heterocycles. The fourth-order valence-electron chi connectivity index (χ4n) is 3.11. The van der Waals surface area contributed by atoms with Crippen LogP contribution in [0.1, 0.15) is 13.2 Å². The molecule has 1 fully saturated rings. The third-order valence-electron chi connectivity index (χ3n) is 4.20. The van der Waals surface area contributed by atoms with Gasteiger partial charge in [0.15, 0.2) is 6.23 Å². The Bertz CT molecular complexity index is 829. The van der Waals surface area contributed by atoms with E-state index in [1.807, 2.05) is 0 Å². The van der Waals surface area contributed by atoms with E-state index >= 15 is 0 Å². The van der Waals surface area contributed by atoms with Crippen LogP contribution in [0.2, 0.25) is 18.8 Å². The fraction of sp³-hybridized carbons (Fsp3) is 0.571. The fourth-order valence-corrected chi connectivity index (χ4v) is 4.30. The molecule has 4 atom stereocenters. The van der Waals surface area contributed by atoms with Gasteiger partial charge in [0.05, 0.1) is 12.0 Å². The third-order valence-corrected chi connectivity index (χ3v) is 5.30. The first kappa shape index (κ1) is 16.8. The van der Waals surface area contributed by atoms with E-state index in [1.165, 1.54) is 6.33 Å². The number of aliphatic hydroxyl groups is 1. The summed E-state index contributed by atoms with van der Waals surface area (Å²) in [5.74, 6) is 0. The van der Waals surface area contributed by atoms with Crippen molar-refractivity contribution in [2.24, 2.45) is 0 Å². The molecule has 1 aliphatic rings. The molecule has 134 valence electrons. The summed E-state index contributed by atoms with van der Waals surface area (Å²) in [5.41, 5.74) is -0.945. The Balaban J connectivity index is 2.01. The number of halogens is 2. The number of aromatic nitrogens is 3. The molecule has 0 amide bonds. The lowest BCUT2D eigenvalue weighted by molar-refractivity contribution is -0.0916. The summed E-state index contributed by atoms with van der Waals surface area (Å²) in [7, 11) is -1.61. The van der Waals surface area contributed by atoms with Crippen LogP contribution in [-0.4, -0.2) is 61.6 Å². The minimum Gasteiger partial charge on any atom is -0.437 e. The van der Waals surface area contributed by atoms with Gasteiger partial charge < -0.3 is 23.7 Å². The highest BCUT2D eigenvalue weighted by Crippen LogP contribution is 2.42. The average molecular weight is 479 g/mol. The van der Waals surface area contributed by atoms with Gasteiger partial charge >= 0.3 is 0 Å². The van der Waals surface area contributed by atoms with Crippen molar-refractivity contribution in [3.05, 3.63) is 21.2 Å². The Morgan fingerprint density at radius 1 is 1.52 bits per heavy atom. The average Bonchev–Trinajstić information content (AvgIpc) is 3.01.